The maximum atomic E-state index is 10.2. The fourth-order valence-electron chi connectivity index (χ4n) is 0.287. The summed E-state index contributed by atoms with van der Waals surface area (Å²) in [7, 11) is 0. The summed E-state index contributed by atoms with van der Waals surface area (Å²) in [5.41, 5.74) is 0. The van der Waals surface area contributed by atoms with E-state index < -0.39 is 11.9 Å². The number of hydrogen-bond donors (Lipinski definition) is 1. The predicted octanol–water partition coefficient (Wildman–Crippen LogP) is -0.0970. The maximum absolute atomic E-state index is 10.2. The Bertz CT molecular complexity index is 146. The smallest absolute Gasteiger partial charge is 0.318 e. The molecule has 64 valence electrons. The van der Waals surface area contributed by atoms with Crippen molar-refractivity contribution in [1.82, 2.24) is 10.3 Å². The SMILES string of the molecule is CC(=O)ON(NCl)OC(C)=O. The molecule has 0 unspecified atom stereocenters. The first-order valence-electron chi connectivity index (χ1n) is 2.59. The van der Waals surface area contributed by atoms with E-state index in [4.69, 9.17) is 11.8 Å². The third-order valence-electron chi connectivity index (χ3n) is 0.492. The minimum Gasteiger partial charge on any atom is -0.318 e. The predicted molar refractivity (Wildman–Crippen MR) is 34.4 cm³/mol. The number of rotatable bonds is 3. The highest BCUT2D eigenvalue weighted by atomic mass is 35.5. The van der Waals surface area contributed by atoms with Crippen molar-refractivity contribution >= 4 is 23.7 Å². The van der Waals surface area contributed by atoms with Crippen LogP contribution < -0.4 is 4.94 Å². The summed E-state index contributed by atoms with van der Waals surface area (Å²) in [5, 5.41) is 0.340. The molecule has 6 nitrogen and oxygen atoms in total. The van der Waals surface area contributed by atoms with Crippen LogP contribution in [0.4, 0.5) is 0 Å². The van der Waals surface area contributed by atoms with Crippen LogP contribution in [0.25, 0.3) is 0 Å². The summed E-state index contributed by atoms with van der Waals surface area (Å²) in [6.45, 7) is 2.26. The lowest BCUT2D eigenvalue weighted by Crippen LogP contribution is -2.35. The highest BCUT2D eigenvalue weighted by Crippen LogP contribution is 1.90. The molecule has 0 aliphatic rings. The Morgan fingerprint density at radius 1 is 1.27 bits per heavy atom. The molecule has 0 saturated heterocycles. The quantitative estimate of drug-likeness (QED) is 0.486. The number of hydrogen-bond acceptors (Lipinski definition) is 6. The van der Waals surface area contributed by atoms with Crippen molar-refractivity contribution in [2.24, 2.45) is 0 Å². The van der Waals surface area contributed by atoms with Crippen LogP contribution in [0.1, 0.15) is 13.8 Å². The van der Waals surface area contributed by atoms with Crippen LogP contribution in [0, 0.1) is 0 Å². The molecule has 0 aromatic carbocycles. The Morgan fingerprint density at radius 2 is 1.64 bits per heavy atom. The van der Waals surface area contributed by atoms with Crippen molar-refractivity contribution in [3.05, 3.63) is 0 Å². The lowest BCUT2D eigenvalue weighted by molar-refractivity contribution is -0.338. The van der Waals surface area contributed by atoms with Gasteiger partial charge in [-0.3, -0.25) is 9.59 Å². The molecule has 0 aliphatic heterocycles. The Hall–Kier alpha value is -0.850. The van der Waals surface area contributed by atoms with Crippen LogP contribution in [0.15, 0.2) is 0 Å². The van der Waals surface area contributed by atoms with Gasteiger partial charge in [0, 0.05) is 13.8 Å². The first kappa shape index (κ1) is 10.2. The largest absolute Gasteiger partial charge is 0.327 e. The van der Waals surface area contributed by atoms with Crippen LogP contribution in [0.3, 0.4) is 0 Å². The zero-order valence-electron chi connectivity index (χ0n) is 5.96. The van der Waals surface area contributed by atoms with Gasteiger partial charge in [0.25, 0.3) is 0 Å². The number of nitrogens with one attached hydrogen (secondary N) is 1. The Balaban J connectivity index is 3.76. The van der Waals surface area contributed by atoms with Gasteiger partial charge in [-0.15, -0.1) is 0 Å². The fraction of sp³-hybridized carbons (Fsp3) is 0.500. The molecule has 0 rings (SSSR count). The van der Waals surface area contributed by atoms with Crippen molar-refractivity contribution in [2.45, 2.75) is 13.8 Å². The minimum absolute atomic E-state index is 0.340. The average Bonchev–Trinajstić information content (AvgIpc) is 1.84. The number of carbonyl (C=O) groups excluding carboxylic acids is 2. The van der Waals surface area contributed by atoms with Gasteiger partial charge < -0.3 is 9.68 Å². The Kier molecular flexibility index (Phi) is 4.51. The van der Waals surface area contributed by atoms with E-state index in [9.17, 15) is 9.59 Å². The average molecular weight is 183 g/mol. The van der Waals surface area contributed by atoms with Crippen LogP contribution in [0.2, 0.25) is 0 Å². The van der Waals surface area contributed by atoms with E-state index in [-0.39, 0.29) is 0 Å². The molecular formula is C4H7ClN2O4. The van der Waals surface area contributed by atoms with Gasteiger partial charge >= 0.3 is 11.9 Å². The van der Waals surface area contributed by atoms with Crippen molar-refractivity contribution < 1.29 is 19.3 Å². The topological polar surface area (TPSA) is 67.9 Å². The zero-order chi connectivity index (χ0) is 8.85. The highest BCUT2D eigenvalue weighted by Gasteiger charge is 2.09. The molecule has 0 amide bonds. The third kappa shape index (κ3) is 5.59. The van der Waals surface area contributed by atoms with Gasteiger partial charge in [0.1, 0.15) is 5.34 Å². The first-order valence-corrected chi connectivity index (χ1v) is 2.97. The summed E-state index contributed by atoms with van der Waals surface area (Å²) >= 11 is 4.98. The van der Waals surface area contributed by atoms with E-state index in [1.165, 1.54) is 0 Å². The van der Waals surface area contributed by atoms with Crippen molar-refractivity contribution in [2.75, 3.05) is 0 Å². The number of hydrazine groups is 1. The summed E-state index contributed by atoms with van der Waals surface area (Å²) in [6.07, 6.45) is 0. The van der Waals surface area contributed by atoms with E-state index in [1.807, 2.05) is 0 Å². The molecule has 0 spiro atoms. The number of halogens is 1. The van der Waals surface area contributed by atoms with Gasteiger partial charge in [0.2, 0.25) is 0 Å². The molecule has 0 bridgehead atoms. The first-order chi connectivity index (χ1) is 5.06. The molecular weight excluding hydrogens is 176 g/mol. The molecule has 0 aliphatic carbocycles. The lowest BCUT2D eigenvalue weighted by atomic mass is 10.8. The lowest BCUT2D eigenvalue weighted by Gasteiger charge is -2.13. The van der Waals surface area contributed by atoms with E-state index >= 15 is 0 Å². The van der Waals surface area contributed by atoms with E-state index in [0.29, 0.717) is 5.34 Å². The highest BCUT2D eigenvalue weighted by molar-refractivity contribution is 6.12. The molecule has 7 heteroatoms. The van der Waals surface area contributed by atoms with Gasteiger partial charge in [-0.05, 0) is 11.8 Å². The molecule has 0 radical (unpaired) electrons. The summed E-state index contributed by atoms with van der Waals surface area (Å²) < 4.78 is 0. The molecule has 0 saturated carbocycles. The third-order valence-corrected chi connectivity index (χ3v) is 0.630. The maximum Gasteiger partial charge on any atom is 0.327 e. The summed E-state index contributed by atoms with van der Waals surface area (Å²) in [5.74, 6) is -1.33. The van der Waals surface area contributed by atoms with Gasteiger partial charge in [-0.2, -0.15) is 0 Å². The Morgan fingerprint density at radius 3 is 1.82 bits per heavy atom. The van der Waals surface area contributed by atoms with Crippen LogP contribution >= 0.6 is 11.8 Å². The van der Waals surface area contributed by atoms with Gasteiger partial charge in [0.15, 0.2) is 0 Å². The van der Waals surface area contributed by atoms with Gasteiger partial charge in [-0.1, -0.05) is 4.94 Å². The second-order valence-electron chi connectivity index (χ2n) is 1.51. The standard InChI is InChI=1S/C4H7ClN2O4/c1-3(8)10-7(6-5)11-4(2)9/h6H,1-2H3. The fourth-order valence-corrected chi connectivity index (χ4v) is 0.356. The van der Waals surface area contributed by atoms with Crippen molar-refractivity contribution in [3.8, 4) is 0 Å². The molecule has 1 N–H and O–H groups in total. The van der Waals surface area contributed by atoms with Crippen LogP contribution in [0.5, 0.6) is 0 Å². The van der Waals surface area contributed by atoms with Gasteiger partial charge in [0.05, 0.1) is 0 Å². The normalized spacial score (nSPS) is 9.45. The number of carbonyl (C=O) groups is 2. The molecule has 11 heavy (non-hydrogen) atoms. The molecule has 0 aromatic heterocycles. The van der Waals surface area contributed by atoms with Gasteiger partial charge in [-0.25, -0.2) is 0 Å². The molecule has 0 heterocycles. The van der Waals surface area contributed by atoms with Crippen LogP contribution in [-0.2, 0) is 19.3 Å². The van der Waals surface area contributed by atoms with Crippen LogP contribution in [-0.4, -0.2) is 17.3 Å². The molecule has 0 atom stereocenters. The van der Waals surface area contributed by atoms with E-state index in [0.717, 1.165) is 13.8 Å². The second kappa shape index (κ2) is 4.89. The zero-order valence-corrected chi connectivity index (χ0v) is 6.71. The van der Waals surface area contributed by atoms with Crippen molar-refractivity contribution in [1.29, 1.82) is 0 Å². The van der Waals surface area contributed by atoms with Crippen molar-refractivity contribution in [3.63, 3.8) is 0 Å². The second-order valence-corrected chi connectivity index (χ2v) is 1.68. The molecule has 0 aromatic rings. The van der Waals surface area contributed by atoms with E-state index in [2.05, 4.69) is 9.68 Å². The number of nitrogens with zero attached hydrogens (tertiary/aromatic N) is 1. The minimum atomic E-state index is -0.667. The summed E-state index contributed by atoms with van der Waals surface area (Å²) in [4.78, 5) is 30.7. The molecule has 0 fully saturated rings. The Labute approximate surface area is 68.0 Å². The monoisotopic (exact) mass is 182 g/mol. The van der Waals surface area contributed by atoms with E-state index in [1.54, 1.807) is 4.94 Å². The summed E-state index contributed by atoms with van der Waals surface area (Å²) in [6, 6.07) is 0.